The van der Waals surface area contributed by atoms with Gasteiger partial charge >= 0.3 is 0 Å². The van der Waals surface area contributed by atoms with Crippen molar-refractivity contribution >= 4 is 50.7 Å². The van der Waals surface area contributed by atoms with E-state index in [4.69, 9.17) is 23.2 Å². The number of carbonyl (C=O) groups excluding carboxylic acids is 2. The molecule has 0 heterocycles. The largest absolute Gasteiger partial charge is 0.352 e. The standard InChI is InChI=1S/C30H35Cl2N3O4S/c1-6-22(4)33-30(37)23(5)34(18-24-9-7-8-10-28(24)32)29(36)19-35(26-14-11-20(2)21(3)17-26)40(38,39)27-15-12-25(31)13-16-27/h7-17,22-23H,6,18-19H2,1-5H3,(H,33,37)/t22-,23-/m0/s1. The molecule has 0 radical (unpaired) electrons. The van der Waals surface area contributed by atoms with Crippen molar-refractivity contribution in [3.63, 3.8) is 0 Å². The Morgan fingerprint density at radius 3 is 2.17 bits per heavy atom. The number of amides is 2. The van der Waals surface area contributed by atoms with E-state index in [1.807, 2.05) is 33.8 Å². The van der Waals surface area contributed by atoms with Crippen LogP contribution in [0.4, 0.5) is 5.69 Å². The average molecular weight is 605 g/mol. The lowest BCUT2D eigenvalue weighted by Gasteiger charge is -2.32. The molecule has 0 aliphatic rings. The Labute approximate surface area is 247 Å². The second-order valence-electron chi connectivity index (χ2n) is 9.84. The number of anilines is 1. The van der Waals surface area contributed by atoms with Crippen LogP contribution in [0.2, 0.25) is 10.0 Å². The molecule has 0 saturated carbocycles. The van der Waals surface area contributed by atoms with Gasteiger partial charge in [-0.05, 0) is 93.3 Å². The van der Waals surface area contributed by atoms with Gasteiger partial charge in [0.2, 0.25) is 11.8 Å². The van der Waals surface area contributed by atoms with Gasteiger partial charge in [0.1, 0.15) is 12.6 Å². The number of benzene rings is 3. The average Bonchev–Trinajstić information content (AvgIpc) is 2.92. The molecule has 0 spiro atoms. The fraction of sp³-hybridized carbons (Fsp3) is 0.333. The predicted octanol–water partition coefficient (Wildman–Crippen LogP) is 6.14. The van der Waals surface area contributed by atoms with Gasteiger partial charge in [-0.2, -0.15) is 0 Å². The fourth-order valence-corrected chi connectivity index (χ4v) is 5.73. The summed E-state index contributed by atoms with van der Waals surface area (Å²) < 4.78 is 28.9. The first-order valence-corrected chi connectivity index (χ1v) is 15.2. The number of rotatable bonds is 11. The molecule has 0 aliphatic carbocycles. The van der Waals surface area contributed by atoms with Crippen molar-refractivity contribution < 1.29 is 18.0 Å². The summed E-state index contributed by atoms with van der Waals surface area (Å²) in [6, 6.07) is 17.0. The van der Waals surface area contributed by atoms with Crippen molar-refractivity contribution in [1.82, 2.24) is 10.2 Å². The lowest BCUT2D eigenvalue weighted by atomic mass is 10.1. The highest BCUT2D eigenvalue weighted by molar-refractivity contribution is 7.92. The zero-order valence-corrected chi connectivity index (χ0v) is 25.6. The number of nitrogens with zero attached hydrogens (tertiary/aromatic N) is 2. The van der Waals surface area contributed by atoms with Gasteiger partial charge in [-0.1, -0.05) is 54.4 Å². The van der Waals surface area contributed by atoms with Crippen LogP contribution in [0, 0.1) is 13.8 Å². The summed E-state index contributed by atoms with van der Waals surface area (Å²) in [7, 11) is -4.18. The van der Waals surface area contributed by atoms with Gasteiger partial charge in [0.25, 0.3) is 10.0 Å². The SMILES string of the molecule is CC[C@H](C)NC(=O)[C@H](C)N(Cc1ccccc1Cl)C(=O)CN(c1ccc(C)c(C)c1)S(=O)(=O)c1ccc(Cl)cc1. The molecule has 7 nitrogen and oxygen atoms in total. The number of hydrogen-bond acceptors (Lipinski definition) is 4. The Bertz CT molecular complexity index is 1460. The Kier molecular flexibility index (Phi) is 10.6. The number of aryl methyl sites for hydroxylation is 2. The molecule has 2 amide bonds. The highest BCUT2D eigenvalue weighted by Gasteiger charge is 2.33. The van der Waals surface area contributed by atoms with Gasteiger partial charge in [-0.25, -0.2) is 8.42 Å². The van der Waals surface area contributed by atoms with Crippen molar-refractivity contribution in [2.24, 2.45) is 0 Å². The maximum absolute atomic E-state index is 14.0. The van der Waals surface area contributed by atoms with Crippen LogP contribution in [0.5, 0.6) is 0 Å². The molecule has 0 aromatic heterocycles. The van der Waals surface area contributed by atoms with Crippen molar-refractivity contribution in [3.05, 3.63) is 93.5 Å². The first-order chi connectivity index (χ1) is 18.8. The lowest BCUT2D eigenvalue weighted by Crippen LogP contribution is -2.52. The van der Waals surface area contributed by atoms with Crippen molar-refractivity contribution in [3.8, 4) is 0 Å². The van der Waals surface area contributed by atoms with Crippen molar-refractivity contribution in [1.29, 1.82) is 0 Å². The summed E-state index contributed by atoms with van der Waals surface area (Å²) in [4.78, 5) is 28.5. The Morgan fingerprint density at radius 1 is 0.925 bits per heavy atom. The van der Waals surface area contributed by atoms with E-state index in [9.17, 15) is 18.0 Å². The number of hydrogen-bond donors (Lipinski definition) is 1. The zero-order valence-electron chi connectivity index (χ0n) is 23.3. The van der Waals surface area contributed by atoms with E-state index in [-0.39, 0.29) is 23.4 Å². The monoisotopic (exact) mass is 603 g/mol. The van der Waals surface area contributed by atoms with Crippen molar-refractivity contribution in [2.75, 3.05) is 10.8 Å². The minimum atomic E-state index is -4.18. The Hall–Kier alpha value is -3.07. The van der Waals surface area contributed by atoms with Crippen LogP contribution in [0.1, 0.15) is 43.9 Å². The van der Waals surface area contributed by atoms with Gasteiger partial charge in [-0.3, -0.25) is 13.9 Å². The van der Waals surface area contributed by atoms with E-state index < -0.39 is 28.5 Å². The third-order valence-electron chi connectivity index (χ3n) is 6.93. The van der Waals surface area contributed by atoms with E-state index in [1.54, 1.807) is 43.3 Å². The van der Waals surface area contributed by atoms with Crippen LogP contribution in [0.25, 0.3) is 0 Å². The number of nitrogens with one attached hydrogen (secondary N) is 1. The molecule has 2 atom stereocenters. The number of halogens is 2. The summed E-state index contributed by atoms with van der Waals surface area (Å²) in [5.41, 5.74) is 2.82. The number of sulfonamides is 1. The molecule has 3 rings (SSSR count). The second-order valence-corrected chi connectivity index (χ2v) is 12.5. The molecule has 40 heavy (non-hydrogen) atoms. The summed E-state index contributed by atoms with van der Waals surface area (Å²) in [6.07, 6.45) is 0.719. The lowest BCUT2D eigenvalue weighted by molar-refractivity contribution is -0.139. The molecule has 214 valence electrons. The minimum absolute atomic E-state index is 0.0110. The maximum Gasteiger partial charge on any atom is 0.264 e. The van der Waals surface area contributed by atoms with E-state index in [2.05, 4.69) is 5.32 Å². The third-order valence-corrected chi connectivity index (χ3v) is 9.33. The van der Waals surface area contributed by atoms with Gasteiger partial charge in [-0.15, -0.1) is 0 Å². The maximum atomic E-state index is 14.0. The van der Waals surface area contributed by atoms with Crippen LogP contribution >= 0.6 is 23.2 Å². The van der Waals surface area contributed by atoms with E-state index >= 15 is 0 Å². The van der Waals surface area contributed by atoms with E-state index in [1.165, 1.54) is 29.2 Å². The molecule has 0 unspecified atom stereocenters. The molecule has 10 heteroatoms. The Morgan fingerprint density at radius 2 is 1.57 bits per heavy atom. The van der Waals surface area contributed by atoms with Gasteiger partial charge in [0.05, 0.1) is 10.6 Å². The second kappa shape index (κ2) is 13.5. The molecule has 0 bridgehead atoms. The highest BCUT2D eigenvalue weighted by atomic mass is 35.5. The molecule has 1 N–H and O–H groups in total. The van der Waals surface area contributed by atoms with Gasteiger partial charge in [0, 0.05) is 22.6 Å². The molecule has 0 aliphatic heterocycles. The summed E-state index contributed by atoms with van der Waals surface area (Å²) in [6.45, 7) is 8.75. The van der Waals surface area contributed by atoms with Crippen LogP contribution in [-0.2, 0) is 26.2 Å². The minimum Gasteiger partial charge on any atom is -0.352 e. The molecular formula is C30H35Cl2N3O4S. The third kappa shape index (κ3) is 7.56. The summed E-state index contributed by atoms with van der Waals surface area (Å²) in [5.74, 6) is -0.893. The Balaban J connectivity index is 2.06. The van der Waals surface area contributed by atoms with Crippen LogP contribution in [-0.4, -0.2) is 43.8 Å². The summed E-state index contributed by atoms with van der Waals surface area (Å²) in [5, 5.41) is 3.74. The molecule has 0 saturated heterocycles. The molecule has 0 fully saturated rings. The van der Waals surface area contributed by atoms with Crippen molar-refractivity contribution in [2.45, 2.75) is 64.6 Å². The van der Waals surface area contributed by atoms with E-state index in [0.29, 0.717) is 21.3 Å². The fourth-order valence-electron chi connectivity index (χ4n) is 4.00. The van der Waals surface area contributed by atoms with Crippen LogP contribution in [0.15, 0.2) is 71.6 Å². The zero-order chi connectivity index (χ0) is 29.6. The normalized spacial score (nSPS) is 12.9. The van der Waals surface area contributed by atoms with E-state index in [0.717, 1.165) is 21.9 Å². The highest BCUT2D eigenvalue weighted by Crippen LogP contribution is 2.27. The first kappa shape index (κ1) is 31.5. The van der Waals surface area contributed by atoms with Crippen LogP contribution in [0.3, 0.4) is 0 Å². The number of carbonyl (C=O) groups is 2. The van der Waals surface area contributed by atoms with Crippen LogP contribution < -0.4 is 9.62 Å². The quantitative estimate of drug-likeness (QED) is 0.285. The van der Waals surface area contributed by atoms with Gasteiger partial charge < -0.3 is 10.2 Å². The molecule has 3 aromatic carbocycles. The molecule has 3 aromatic rings. The first-order valence-electron chi connectivity index (χ1n) is 13.0. The molecular weight excluding hydrogens is 569 g/mol. The summed E-state index contributed by atoms with van der Waals surface area (Å²) >= 11 is 12.4. The topological polar surface area (TPSA) is 86.8 Å². The predicted molar refractivity (Wildman–Crippen MR) is 161 cm³/mol. The van der Waals surface area contributed by atoms with Gasteiger partial charge in [0.15, 0.2) is 0 Å². The smallest absolute Gasteiger partial charge is 0.264 e.